The van der Waals surface area contributed by atoms with E-state index in [1.165, 1.54) is 0 Å². The Labute approximate surface area is 72.4 Å². The number of esters is 1. The van der Waals surface area contributed by atoms with Gasteiger partial charge in [0.15, 0.2) is 0 Å². The topological polar surface area (TPSA) is 62.5 Å². The fourth-order valence-corrected chi connectivity index (χ4v) is 0.603. The van der Waals surface area contributed by atoms with Crippen molar-refractivity contribution in [2.24, 2.45) is 3.21 Å². The van der Waals surface area contributed by atoms with Crippen molar-refractivity contribution in [1.82, 2.24) is 0 Å². The standard InChI is InChI=1S/C5H5IN2O2/c1-2-10-5(9)4(3-7)8-6/h2H2,1H3/b8-4+. The number of nitriles is 1. The molecular formula is C5H5IN2O2. The van der Waals surface area contributed by atoms with Crippen LogP contribution in [0.4, 0.5) is 0 Å². The first-order chi connectivity index (χ1) is 4.76. The Kier molecular flexibility index (Phi) is 4.84. The molecule has 54 valence electrons. The van der Waals surface area contributed by atoms with E-state index in [9.17, 15) is 4.79 Å². The first kappa shape index (κ1) is 9.36. The normalized spacial score (nSPS) is 10.3. The largest absolute Gasteiger partial charge is 0.461 e. The Morgan fingerprint density at radius 1 is 1.90 bits per heavy atom. The summed E-state index contributed by atoms with van der Waals surface area (Å²) >= 11 is 1.57. The lowest BCUT2D eigenvalue weighted by molar-refractivity contribution is -0.134. The van der Waals surface area contributed by atoms with Crippen LogP contribution < -0.4 is 0 Å². The van der Waals surface area contributed by atoms with Gasteiger partial charge in [-0.15, -0.1) is 0 Å². The minimum Gasteiger partial charge on any atom is -0.461 e. The minimum absolute atomic E-state index is 0.206. The minimum atomic E-state index is -0.667. The molecule has 0 fully saturated rings. The number of carbonyl (C=O) groups is 1. The van der Waals surface area contributed by atoms with E-state index < -0.39 is 5.97 Å². The average Bonchev–Trinajstić information content (AvgIpc) is 1.91. The third kappa shape index (κ3) is 2.77. The lowest BCUT2D eigenvalue weighted by Crippen LogP contribution is -2.14. The van der Waals surface area contributed by atoms with Crippen molar-refractivity contribution in [3.05, 3.63) is 0 Å². The first-order valence-electron chi connectivity index (χ1n) is 2.52. The van der Waals surface area contributed by atoms with Gasteiger partial charge in [-0.3, -0.25) is 0 Å². The molecule has 0 rings (SSSR count). The highest BCUT2D eigenvalue weighted by Gasteiger charge is 2.09. The van der Waals surface area contributed by atoms with Crippen molar-refractivity contribution in [3.63, 3.8) is 0 Å². The summed E-state index contributed by atoms with van der Waals surface area (Å²) in [7, 11) is 0. The van der Waals surface area contributed by atoms with Gasteiger partial charge in [0.2, 0.25) is 5.71 Å². The molecule has 0 aromatic heterocycles. The molecule has 0 unspecified atom stereocenters. The van der Waals surface area contributed by atoms with Crippen LogP contribution in [-0.4, -0.2) is 18.3 Å². The second-order valence-electron chi connectivity index (χ2n) is 1.27. The van der Waals surface area contributed by atoms with Crippen LogP contribution >= 0.6 is 22.9 Å². The van der Waals surface area contributed by atoms with E-state index in [4.69, 9.17) is 5.26 Å². The summed E-state index contributed by atoms with van der Waals surface area (Å²) in [6.45, 7) is 1.93. The molecule has 0 bridgehead atoms. The highest BCUT2D eigenvalue weighted by atomic mass is 127. The van der Waals surface area contributed by atoms with E-state index in [1.807, 2.05) is 0 Å². The maximum atomic E-state index is 10.6. The Balaban J connectivity index is 4.08. The maximum absolute atomic E-state index is 10.6. The van der Waals surface area contributed by atoms with Crippen LogP contribution in [0.3, 0.4) is 0 Å². The van der Waals surface area contributed by atoms with E-state index in [2.05, 4.69) is 7.94 Å². The zero-order chi connectivity index (χ0) is 7.98. The molecule has 0 aromatic carbocycles. The fraction of sp³-hybridized carbons (Fsp3) is 0.400. The lowest BCUT2D eigenvalue weighted by Gasteiger charge is -1.94. The second-order valence-corrected chi connectivity index (χ2v) is 1.75. The number of carbonyl (C=O) groups excluding carboxylic acids is 1. The first-order valence-corrected chi connectivity index (χ1v) is 3.49. The molecule has 0 saturated carbocycles. The summed E-state index contributed by atoms with van der Waals surface area (Å²) < 4.78 is 7.86. The summed E-state index contributed by atoms with van der Waals surface area (Å²) in [4.78, 5) is 10.6. The number of nitrogens with zero attached hydrogens (tertiary/aromatic N) is 2. The number of hydrogen-bond donors (Lipinski definition) is 0. The van der Waals surface area contributed by atoms with Crippen LogP contribution in [0, 0.1) is 11.3 Å². The Morgan fingerprint density at radius 3 is 2.80 bits per heavy atom. The van der Waals surface area contributed by atoms with E-state index >= 15 is 0 Å². The van der Waals surface area contributed by atoms with E-state index in [-0.39, 0.29) is 12.3 Å². The third-order valence-electron chi connectivity index (χ3n) is 0.659. The van der Waals surface area contributed by atoms with Gasteiger partial charge in [-0.05, 0) is 6.92 Å². The van der Waals surface area contributed by atoms with Crippen molar-refractivity contribution in [1.29, 1.82) is 5.26 Å². The summed E-state index contributed by atoms with van der Waals surface area (Å²) in [6.07, 6.45) is 0. The van der Waals surface area contributed by atoms with Crippen LogP contribution in [0.5, 0.6) is 0 Å². The summed E-state index contributed by atoms with van der Waals surface area (Å²) in [5.74, 6) is -0.667. The number of ether oxygens (including phenoxy) is 1. The predicted octanol–water partition coefficient (Wildman–Crippen LogP) is 0.864. The molecule has 4 nitrogen and oxygen atoms in total. The van der Waals surface area contributed by atoms with Crippen molar-refractivity contribution in [2.45, 2.75) is 6.92 Å². The van der Waals surface area contributed by atoms with Crippen LogP contribution in [-0.2, 0) is 9.53 Å². The molecule has 0 aliphatic rings. The van der Waals surface area contributed by atoms with Gasteiger partial charge in [0, 0.05) is 0 Å². The molecule has 0 aliphatic heterocycles. The highest BCUT2D eigenvalue weighted by molar-refractivity contribution is 14.1. The van der Waals surface area contributed by atoms with Gasteiger partial charge in [0.25, 0.3) is 0 Å². The quantitative estimate of drug-likeness (QED) is 0.416. The molecule has 0 amide bonds. The molecular weight excluding hydrogens is 247 g/mol. The molecule has 0 saturated heterocycles. The van der Waals surface area contributed by atoms with Crippen LogP contribution in [0.15, 0.2) is 3.21 Å². The maximum Gasteiger partial charge on any atom is 0.368 e. The van der Waals surface area contributed by atoms with Crippen LogP contribution in [0.1, 0.15) is 6.92 Å². The predicted molar refractivity (Wildman–Crippen MR) is 43.7 cm³/mol. The van der Waals surface area contributed by atoms with Gasteiger partial charge in [-0.2, -0.15) is 8.47 Å². The fourth-order valence-electron chi connectivity index (χ4n) is 0.298. The summed E-state index contributed by atoms with van der Waals surface area (Å²) in [5, 5.41) is 8.24. The van der Waals surface area contributed by atoms with Crippen LogP contribution in [0.2, 0.25) is 0 Å². The van der Waals surface area contributed by atoms with Crippen molar-refractivity contribution >= 4 is 34.5 Å². The van der Waals surface area contributed by atoms with Gasteiger partial charge in [0.05, 0.1) is 29.5 Å². The Hall–Kier alpha value is -0.640. The van der Waals surface area contributed by atoms with Gasteiger partial charge in [0.1, 0.15) is 6.07 Å². The molecule has 0 atom stereocenters. The molecule has 0 spiro atoms. The highest BCUT2D eigenvalue weighted by Crippen LogP contribution is 1.89. The lowest BCUT2D eigenvalue weighted by atomic mass is 10.4. The van der Waals surface area contributed by atoms with E-state index in [1.54, 1.807) is 35.9 Å². The third-order valence-corrected chi connectivity index (χ3v) is 1.14. The number of halogens is 1. The number of rotatable bonds is 2. The van der Waals surface area contributed by atoms with Gasteiger partial charge in [-0.1, -0.05) is 0 Å². The molecule has 5 heteroatoms. The average molecular weight is 252 g/mol. The second kappa shape index (κ2) is 5.17. The molecule has 0 N–H and O–H groups in total. The van der Waals surface area contributed by atoms with Gasteiger partial charge < -0.3 is 4.74 Å². The zero-order valence-corrected chi connectivity index (χ0v) is 7.45. The van der Waals surface area contributed by atoms with E-state index in [0.29, 0.717) is 0 Å². The molecule has 0 radical (unpaired) electrons. The zero-order valence-electron chi connectivity index (χ0n) is 5.30. The SMILES string of the molecule is CCOC(=O)/C(C#N)=N/I. The van der Waals surface area contributed by atoms with Crippen LogP contribution in [0.25, 0.3) is 0 Å². The van der Waals surface area contributed by atoms with E-state index in [0.717, 1.165) is 0 Å². The van der Waals surface area contributed by atoms with Gasteiger partial charge in [-0.25, -0.2) is 4.79 Å². The van der Waals surface area contributed by atoms with Gasteiger partial charge >= 0.3 is 5.97 Å². The summed E-state index contributed by atoms with van der Waals surface area (Å²) in [5.41, 5.74) is -0.206. The summed E-state index contributed by atoms with van der Waals surface area (Å²) in [6, 6.07) is 1.60. The molecule has 0 heterocycles. The van der Waals surface area contributed by atoms with Crippen molar-refractivity contribution < 1.29 is 9.53 Å². The monoisotopic (exact) mass is 252 g/mol. The smallest absolute Gasteiger partial charge is 0.368 e. The molecule has 0 aromatic rings. The molecule has 10 heavy (non-hydrogen) atoms. The Morgan fingerprint density at radius 2 is 2.50 bits per heavy atom. The molecule has 0 aliphatic carbocycles. The number of hydrogen-bond acceptors (Lipinski definition) is 4. The van der Waals surface area contributed by atoms with Crippen molar-refractivity contribution in [3.8, 4) is 6.07 Å². The van der Waals surface area contributed by atoms with Crippen molar-refractivity contribution in [2.75, 3.05) is 6.61 Å². The Bertz CT molecular complexity index is 194.